The maximum atomic E-state index is 7.26. The largest absolute Gasteiger partial charge is 4.00 e. The third kappa shape index (κ3) is 11.5. The van der Waals surface area contributed by atoms with Gasteiger partial charge < -0.3 is 35.0 Å². The van der Waals surface area contributed by atoms with Crippen molar-refractivity contribution in [2.24, 2.45) is 0 Å². The van der Waals surface area contributed by atoms with E-state index in [9.17, 15) is 0 Å². The zero-order chi connectivity index (χ0) is 15.2. The first-order valence-corrected chi connectivity index (χ1v) is 12.8. The van der Waals surface area contributed by atoms with Crippen molar-refractivity contribution in [3.8, 4) is 0 Å². The fraction of sp³-hybridized carbons (Fsp3) is 0.375. The molecule has 0 aliphatic carbocycles. The Balaban J connectivity index is -0.000000310. The Kier molecular flexibility index (Phi) is 16.7. The molecule has 0 atom stereocenters. The second-order valence-electron chi connectivity index (χ2n) is 5.97. The van der Waals surface area contributed by atoms with Crippen LogP contribution in [0.25, 0.3) is 16.5 Å². The van der Waals surface area contributed by atoms with E-state index in [4.69, 9.17) is 10.2 Å². The number of benzene rings is 1. The zero-order valence-corrected chi connectivity index (χ0v) is 20.4. The van der Waals surface area contributed by atoms with Crippen LogP contribution < -0.4 is 24.8 Å². The number of nitrogens with one attached hydrogen (secondary N) is 1. The number of fused-ring (bicyclic) bond motifs is 1. The van der Waals surface area contributed by atoms with E-state index < -0.39 is 16.7 Å². The molecule has 1 N–H and O–H groups in total. The van der Waals surface area contributed by atoms with Crippen molar-refractivity contribution in [3.05, 3.63) is 48.2 Å². The van der Waals surface area contributed by atoms with Gasteiger partial charge in [0.05, 0.1) is 0 Å². The first-order valence-electron chi connectivity index (χ1n) is 6.94. The van der Waals surface area contributed by atoms with Gasteiger partial charge in [0.1, 0.15) is 0 Å². The molecule has 0 radical (unpaired) electrons. The summed E-state index contributed by atoms with van der Waals surface area (Å²) in [4.78, 5) is 0. The van der Waals surface area contributed by atoms with Gasteiger partial charge in [-0.2, -0.15) is 17.5 Å². The van der Waals surface area contributed by atoms with Crippen molar-refractivity contribution in [3.63, 3.8) is 0 Å². The summed E-state index contributed by atoms with van der Waals surface area (Å²) in [5.41, 5.74) is 7.26. The summed E-state index contributed by atoms with van der Waals surface area (Å²) < 4.78 is 5.76. The Bertz CT molecular complexity index is 548. The molecule has 2 aromatic rings. The van der Waals surface area contributed by atoms with Gasteiger partial charge in [0.25, 0.3) is 0 Å². The van der Waals surface area contributed by atoms with E-state index in [1.165, 1.54) is 10.8 Å². The molecular weight excluding hydrogens is 440 g/mol. The smallest absolute Gasteiger partial charge is 1.00 e. The summed E-state index contributed by atoms with van der Waals surface area (Å²) >= 11 is 0. The maximum Gasteiger partial charge on any atom is 4.00 e. The minimum Gasteiger partial charge on any atom is -1.00 e. The third-order valence-corrected chi connectivity index (χ3v) is 5.15. The number of rotatable bonds is 3. The van der Waals surface area contributed by atoms with E-state index >= 15 is 0 Å². The molecule has 0 aliphatic heterocycles. The minimum atomic E-state index is -1.44. The second-order valence-corrected chi connectivity index (χ2v) is 13.0. The van der Waals surface area contributed by atoms with Crippen molar-refractivity contribution in [2.45, 2.75) is 32.7 Å². The molecule has 126 valence electrons. The predicted octanol–water partition coefficient (Wildman–Crippen LogP) is -1.08. The van der Waals surface area contributed by atoms with Crippen LogP contribution in [0, 0.1) is 0 Å². The number of hydrogen-bond acceptors (Lipinski definition) is 1. The SMILES string of the molecule is C[Si](C)=C(C[NH-])O[Si](C)(C)C.[Cl-].[Cl-].[Zr+4].c1ccc2[cH-]ccc2c1. The Morgan fingerprint density at radius 3 is 2.09 bits per heavy atom. The topological polar surface area (TPSA) is 33.0 Å². The molecule has 2 nitrogen and oxygen atoms in total. The average molecular weight is 466 g/mol. The van der Waals surface area contributed by atoms with Gasteiger partial charge in [-0.1, -0.05) is 25.7 Å². The van der Waals surface area contributed by atoms with Gasteiger partial charge in [0.15, 0.2) is 0 Å². The average Bonchev–Trinajstić information content (AvgIpc) is 2.83. The zero-order valence-electron chi connectivity index (χ0n) is 14.4. The van der Waals surface area contributed by atoms with E-state index in [0.717, 1.165) is 5.35 Å². The van der Waals surface area contributed by atoms with Crippen molar-refractivity contribution in [2.75, 3.05) is 6.54 Å². The standard InChI is InChI=1S/C9H7.C7H18NOSi2.2ClH.Zr/c1-2-5-9-7-3-6-8(9)4-1;1-10(2)7(6-8)9-11(3,4)5;;;/h1-7H;8H,6H2,1-5H3;2*1H;/q2*-1;;;+4/p-2. The Morgan fingerprint density at radius 1 is 1.13 bits per heavy atom. The summed E-state index contributed by atoms with van der Waals surface area (Å²) in [7, 11) is -1.95. The Labute approximate surface area is 174 Å². The van der Waals surface area contributed by atoms with Crippen LogP contribution in [-0.2, 0) is 30.6 Å². The van der Waals surface area contributed by atoms with Crippen LogP contribution in [0.1, 0.15) is 0 Å². The normalized spacial score (nSPS) is 9.30. The summed E-state index contributed by atoms with van der Waals surface area (Å²) in [6, 6.07) is 14.7. The molecule has 0 amide bonds. The molecule has 0 fully saturated rings. The van der Waals surface area contributed by atoms with E-state index in [1.807, 2.05) is 0 Å². The van der Waals surface area contributed by atoms with E-state index in [1.54, 1.807) is 0 Å². The van der Waals surface area contributed by atoms with Gasteiger partial charge in [-0.3, -0.25) is 0 Å². The monoisotopic (exact) mass is 463 g/mol. The summed E-state index contributed by atoms with van der Waals surface area (Å²) in [5.74, 6) is 0. The molecule has 0 saturated carbocycles. The van der Waals surface area contributed by atoms with Crippen LogP contribution in [0.15, 0.2) is 42.5 Å². The number of halogens is 2. The summed E-state index contributed by atoms with van der Waals surface area (Å²) in [5, 5.41) is 3.70. The van der Waals surface area contributed by atoms with E-state index in [-0.39, 0.29) is 51.0 Å². The maximum absolute atomic E-state index is 7.26. The van der Waals surface area contributed by atoms with E-state index in [2.05, 4.69) is 75.2 Å². The molecule has 0 aliphatic rings. The molecule has 0 heterocycles. The molecule has 0 spiro atoms. The quantitative estimate of drug-likeness (QED) is 0.419. The predicted molar refractivity (Wildman–Crippen MR) is 95.6 cm³/mol. The van der Waals surface area contributed by atoms with Crippen molar-refractivity contribution >= 4 is 32.9 Å². The van der Waals surface area contributed by atoms with E-state index in [0.29, 0.717) is 6.54 Å². The second kappa shape index (κ2) is 13.6. The van der Waals surface area contributed by atoms with Gasteiger partial charge in [0.2, 0.25) is 8.32 Å². The molecule has 0 saturated heterocycles. The first kappa shape index (κ1) is 28.2. The van der Waals surface area contributed by atoms with Crippen LogP contribution >= 0.6 is 0 Å². The van der Waals surface area contributed by atoms with Crippen molar-refractivity contribution in [1.29, 1.82) is 0 Å². The van der Waals surface area contributed by atoms with Crippen molar-refractivity contribution in [1.82, 2.24) is 0 Å². The van der Waals surface area contributed by atoms with Crippen LogP contribution in [-0.4, -0.2) is 28.6 Å². The first-order chi connectivity index (χ1) is 9.33. The molecule has 7 heteroatoms. The third-order valence-electron chi connectivity index (χ3n) is 2.70. The van der Waals surface area contributed by atoms with Gasteiger partial charge >= 0.3 is 26.2 Å². The van der Waals surface area contributed by atoms with Gasteiger partial charge in [0, 0.05) is 13.8 Å². The van der Waals surface area contributed by atoms with Crippen LogP contribution in [0.2, 0.25) is 32.7 Å². The molecule has 2 rings (SSSR count). The van der Waals surface area contributed by atoms with Gasteiger partial charge in [-0.05, 0) is 19.6 Å². The molecule has 0 bridgehead atoms. The molecule has 23 heavy (non-hydrogen) atoms. The van der Waals surface area contributed by atoms with Gasteiger partial charge in [-0.15, -0.1) is 29.7 Å². The number of hydrogen-bond donors (Lipinski definition) is 0. The fourth-order valence-electron chi connectivity index (χ4n) is 1.75. The van der Waals surface area contributed by atoms with Crippen LogP contribution in [0.4, 0.5) is 0 Å². The molecule has 0 unspecified atom stereocenters. The fourth-order valence-corrected chi connectivity index (χ4v) is 4.65. The molecular formula is C16H25Cl2NOSi2Zr. The molecule has 2 aromatic carbocycles. The summed E-state index contributed by atoms with van der Waals surface area (Å²) in [6.45, 7) is 11.2. The summed E-state index contributed by atoms with van der Waals surface area (Å²) in [6.07, 6.45) is 0. The van der Waals surface area contributed by atoms with Crippen LogP contribution in [0.5, 0.6) is 0 Å². The van der Waals surface area contributed by atoms with Crippen molar-refractivity contribution < 1.29 is 55.4 Å². The van der Waals surface area contributed by atoms with Crippen LogP contribution in [0.3, 0.4) is 0 Å². The van der Waals surface area contributed by atoms with Gasteiger partial charge in [-0.25, -0.2) is 0 Å². The Hall–Kier alpha value is 0.357. The minimum absolute atomic E-state index is 0. The Morgan fingerprint density at radius 2 is 1.70 bits per heavy atom. The molecule has 0 aromatic heterocycles.